The van der Waals surface area contributed by atoms with Crippen LogP contribution in [0.4, 0.5) is 11.4 Å². The van der Waals surface area contributed by atoms with Crippen molar-refractivity contribution in [1.29, 1.82) is 0 Å². The lowest BCUT2D eigenvalue weighted by Crippen LogP contribution is -2.34. The molecule has 1 unspecified atom stereocenters. The van der Waals surface area contributed by atoms with Gasteiger partial charge in [0.1, 0.15) is 0 Å². The molecular formula is C18H23N3. The average molecular weight is 281 g/mol. The number of hydrogen-bond donors (Lipinski definition) is 1. The zero-order chi connectivity index (χ0) is 14.2. The van der Waals surface area contributed by atoms with Crippen molar-refractivity contribution in [3.05, 3.63) is 30.5 Å². The molecule has 1 aliphatic heterocycles. The van der Waals surface area contributed by atoms with E-state index >= 15 is 0 Å². The predicted octanol–water partition coefficient (Wildman–Crippen LogP) is 3.98. The highest BCUT2D eigenvalue weighted by Crippen LogP contribution is 2.40. The molecule has 1 aliphatic carbocycles. The monoisotopic (exact) mass is 281 g/mol. The van der Waals surface area contributed by atoms with Gasteiger partial charge in [0.25, 0.3) is 0 Å². The lowest BCUT2D eigenvalue weighted by Gasteiger charge is -2.32. The summed E-state index contributed by atoms with van der Waals surface area (Å²) in [5.74, 6) is 0.879. The van der Waals surface area contributed by atoms with Crippen LogP contribution in [0, 0.1) is 5.92 Å². The van der Waals surface area contributed by atoms with E-state index in [1.165, 1.54) is 44.2 Å². The standard InChI is InChI=1S/C18H23N3/c19-15-9-10-17(18-14(15)7-3-11-20-18)21-12-4-8-16(21)13-5-1-2-6-13/h3,7,9-11,13,16H,1-2,4-6,8,12,19H2. The molecule has 1 saturated heterocycles. The largest absolute Gasteiger partial charge is 0.398 e. The molecule has 2 N–H and O–H groups in total. The summed E-state index contributed by atoms with van der Waals surface area (Å²) < 4.78 is 0. The second-order valence-electron chi connectivity index (χ2n) is 6.52. The van der Waals surface area contributed by atoms with Crippen LogP contribution >= 0.6 is 0 Å². The van der Waals surface area contributed by atoms with Gasteiger partial charge in [-0.2, -0.15) is 0 Å². The highest BCUT2D eigenvalue weighted by molar-refractivity contribution is 5.98. The fraction of sp³-hybridized carbons (Fsp3) is 0.500. The molecule has 1 saturated carbocycles. The summed E-state index contributed by atoms with van der Waals surface area (Å²) in [4.78, 5) is 7.24. The number of nitrogen functional groups attached to an aromatic ring is 1. The molecule has 1 aromatic carbocycles. The normalized spacial score (nSPS) is 23.2. The maximum atomic E-state index is 6.12. The van der Waals surface area contributed by atoms with Gasteiger partial charge >= 0.3 is 0 Å². The molecule has 1 aromatic heterocycles. The van der Waals surface area contributed by atoms with Crippen molar-refractivity contribution in [3.63, 3.8) is 0 Å². The molecule has 0 amide bonds. The molecule has 110 valence electrons. The Balaban J connectivity index is 1.77. The molecule has 2 fully saturated rings. The Morgan fingerprint density at radius 2 is 1.90 bits per heavy atom. The molecule has 2 heterocycles. The third-order valence-corrected chi connectivity index (χ3v) is 5.33. The number of nitrogens with zero attached hydrogens (tertiary/aromatic N) is 2. The van der Waals surface area contributed by atoms with E-state index < -0.39 is 0 Å². The minimum absolute atomic E-state index is 0.710. The van der Waals surface area contributed by atoms with E-state index in [0.29, 0.717) is 6.04 Å². The Bertz CT molecular complexity index is 646. The van der Waals surface area contributed by atoms with Crippen molar-refractivity contribution in [2.45, 2.75) is 44.6 Å². The highest BCUT2D eigenvalue weighted by atomic mass is 15.2. The Hall–Kier alpha value is -1.77. The number of aromatic nitrogens is 1. The lowest BCUT2D eigenvalue weighted by atomic mass is 9.95. The van der Waals surface area contributed by atoms with Crippen LogP contribution in [0.3, 0.4) is 0 Å². The molecular weight excluding hydrogens is 258 g/mol. The summed E-state index contributed by atoms with van der Waals surface area (Å²) >= 11 is 0. The number of fused-ring (bicyclic) bond motifs is 1. The second-order valence-corrected chi connectivity index (χ2v) is 6.52. The number of rotatable bonds is 2. The molecule has 2 aliphatic rings. The second kappa shape index (κ2) is 5.21. The van der Waals surface area contributed by atoms with Crippen molar-refractivity contribution in [3.8, 4) is 0 Å². The molecule has 0 bridgehead atoms. The molecule has 1 atom stereocenters. The summed E-state index contributed by atoms with van der Waals surface area (Å²) in [7, 11) is 0. The summed E-state index contributed by atoms with van der Waals surface area (Å²) in [6.45, 7) is 1.16. The molecule has 0 spiro atoms. The van der Waals surface area contributed by atoms with E-state index in [4.69, 9.17) is 5.73 Å². The zero-order valence-electron chi connectivity index (χ0n) is 12.5. The van der Waals surface area contributed by atoms with Gasteiger partial charge in [0, 0.05) is 29.9 Å². The van der Waals surface area contributed by atoms with Crippen LogP contribution in [0.1, 0.15) is 38.5 Å². The van der Waals surface area contributed by atoms with E-state index in [1.54, 1.807) is 0 Å². The van der Waals surface area contributed by atoms with E-state index in [2.05, 4.69) is 22.0 Å². The number of benzene rings is 1. The number of nitrogens with two attached hydrogens (primary N) is 1. The zero-order valence-corrected chi connectivity index (χ0v) is 12.5. The van der Waals surface area contributed by atoms with Gasteiger partial charge in [0.2, 0.25) is 0 Å². The highest BCUT2D eigenvalue weighted by Gasteiger charge is 2.34. The van der Waals surface area contributed by atoms with Crippen LogP contribution in [0.5, 0.6) is 0 Å². The predicted molar refractivity (Wildman–Crippen MR) is 88.5 cm³/mol. The van der Waals surface area contributed by atoms with E-state index in [1.807, 2.05) is 18.3 Å². The lowest BCUT2D eigenvalue weighted by molar-refractivity contribution is 0.431. The fourth-order valence-electron chi connectivity index (χ4n) is 4.34. The van der Waals surface area contributed by atoms with Gasteiger partial charge in [-0.05, 0) is 55.9 Å². The first-order chi connectivity index (χ1) is 10.3. The summed E-state index contributed by atoms with van der Waals surface area (Å²) in [6.07, 6.45) is 10.2. The van der Waals surface area contributed by atoms with Gasteiger partial charge in [0.15, 0.2) is 0 Å². The van der Waals surface area contributed by atoms with E-state index in [9.17, 15) is 0 Å². The van der Waals surface area contributed by atoms with Gasteiger partial charge < -0.3 is 10.6 Å². The third-order valence-electron chi connectivity index (χ3n) is 5.33. The number of anilines is 2. The maximum absolute atomic E-state index is 6.12. The number of pyridine rings is 1. The quantitative estimate of drug-likeness (QED) is 0.847. The third kappa shape index (κ3) is 2.15. The summed E-state index contributed by atoms with van der Waals surface area (Å²) in [5, 5.41) is 1.09. The van der Waals surface area contributed by atoms with Crippen molar-refractivity contribution in [2.75, 3.05) is 17.2 Å². The molecule has 3 heteroatoms. The Morgan fingerprint density at radius 1 is 1.05 bits per heavy atom. The van der Waals surface area contributed by atoms with Crippen LogP contribution in [0.15, 0.2) is 30.5 Å². The molecule has 4 rings (SSSR count). The fourth-order valence-corrected chi connectivity index (χ4v) is 4.34. The van der Waals surface area contributed by atoms with Crippen LogP contribution in [0.2, 0.25) is 0 Å². The van der Waals surface area contributed by atoms with Gasteiger partial charge in [-0.25, -0.2) is 0 Å². The SMILES string of the molecule is Nc1ccc(N2CCCC2C2CCCC2)c2ncccc12. The number of hydrogen-bond acceptors (Lipinski definition) is 3. The molecule has 21 heavy (non-hydrogen) atoms. The van der Waals surface area contributed by atoms with Crippen LogP contribution in [-0.2, 0) is 0 Å². The van der Waals surface area contributed by atoms with Gasteiger partial charge in [-0.1, -0.05) is 12.8 Å². The van der Waals surface area contributed by atoms with Crippen molar-refractivity contribution >= 4 is 22.3 Å². The smallest absolute Gasteiger partial charge is 0.0956 e. The Labute approximate surface area is 126 Å². The van der Waals surface area contributed by atoms with E-state index in [-0.39, 0.29) is 0 Å². The summed E-state index contributed by atoms with van der Waals surface area (Å²) in [6, 6.07) is 8.99. The van der Waals surface area contributed by atoms with Crippen molar-refractivity contribution in [1.82, 2.24) is 4.98 Å². The minimum atomic E-state index is 0.710. The Kier molecular flexibility index (Phi) is 3.21. The first kappa shape index (κ1) is 12.9. The van der Waals surface area contributed by atoms with Crippen molar-refractivity contribution < 1.29 is 0 Å². The first-order valence-corrected chi connectivity index (χ1v) is 8.24. The van der Waals surface area contributed by atoms with Crippen LogP contribution in [0.25, 0.3) is 10.9 Å². The first-order valence-electron chi connectivity index (χ1n) is 8.24. The molecule has 3 nitrogen and oxygen atoms in total. The summed E-state index contributed by atoms with van der Waals surface area (Å²) in [5.41, 5.74) is 9.31. The van der Waals surface area contributed by atoms with Crippen LogP contribution in [-0.4, -0.2) is 17.6 Å². The maximum Gasteiger partial charge on any atom is 0.0956 e. The van der Waals surface area contributed by atoms with E-state index in [0.717, 1.165) is 29.1 Å². The molecule has 0 radical (unpaired) electrons. The molecule has 2 aromatic rings. The Morgan fingerprint density at radius 3 is 2.76 bits per heavy atom. The minimum Gasteiger partial charge on any atom is -0.398 e. The van der Waals surface area contributed by atoms with Crippen LogP contribution < -0.4 is 10.6 Å². The topological polar surface area (TPSA) is 42.1 Å². The van der Waals surface area contributed by atoms with Gasteiger partial charge in [0.05, 0.1) is 11.2 Å². The van der Waals surface area contributed by atoms with Crippen molar-refractivity contribution in [2.24, 2.45) is 5.92 Å². The average Bonchev–Trinajstić information content (AvgIpc) is 3.19. The van der Waals surface area contributed by atoms with Gasteiger partial charge in [-0.3, -0.25) is 4.98 Å². The van der Waals surface area contributed by atoms with Gasteiger partial charge in [-0.15, -0.1) is 0 Å².